The Kier molecular flexibility index (Phi) is 3.88. The molecule has 1 aromatic rings. The van der Waals surface area contributed by atoms with Crippen molar-refractivity contribution in [2.45, 2.75) is 31.8 Å². The quantitative estimate of drug-likeness (QED) is 0.823. The second-order valence-electron chi connectivity index (χ2n) is 5.33. The van der Waals surface area contributed by atoms with Gasteiger partial charge in [-0.2, -0.15) is 0 Å². The van der Waals surface area contributed by atoms with Gasteiger partial charge < -0.3 is 14.5 Å². The minimum absolute atomic E-state index is 0.0230. The topological polar surface area (TPSA) is 62.7 Å². The van der Waals surface area contributed by atoms with Gasteiger partial charge in [-0.15, -0.1) is 0 Å². The fraction of sp³-hybridized carbons (Fsp3) is 0.533. The maximum absolute atomic E-state index is 12.3. The standard InChI is InChI=1S/C15H19N3O3/c1-2-21-10-15(20)17-7-5-12-13(17)8-14(19)18(12)11-4-3-6-16-9-11/h3-4,6,9,12-13H,2,5,7-8,10H2,1H3/t12-,13+/m1/s1. The van der Waals surface area contributed by atoms with Crippen LogP contribution in [0.3, 0.4) is 0 Å². The van der Waals surface area contributed by atoms with Crippen molar-refractivity contribution in [2.75, 3.05) is 24.7 Å². The van der Waals surface area contributed by atoms with Crippen LogP contribution in [-0.4, -0.2) is 53.5 Å². The van der Waals surface area contributed by atoms with Gasteiger partial charge in [0.15, 0.2) is 0 Å². The zero-order chi connectivity index (χ0) is 14.8. The minimum atomic E-state index is -0.0364. The average molecular weight is 289 g/mol. The molecular weight excluding hydrogens is 270 g/mol. The molecule has 112 valence electrons. The van der Waals surface area contributed by atoms with Crippen molar-refractivity contribution in [1.29, 1.82) is 0 Å². The number of anilines is 1. The molecule has 0 aliphatic carbocycles. The van der Waals surface area contributed by atoms with Crippen LogP contribution in [0.1, 0.15) is 19.8 Å². The average Bonchev–Trinajstić information content (AvgIpc) is 3.03. The van der Waals surface area contributed by atoms with Gasteiger partial charge in [0, 0.05) is 25.8 Å². The SMILES string of the molecule is CCOCC(=O)N1CC[C@@H]2[C@@H]1CC(=O)N2c1cccnc1. The van der Waals surface area contributed by atoms with Crippen LogP contribution in [-0.2, 0) is 14.3 Å². The predicted octanol–water partition coefficient (Wildman–Crippen LogP) is 0.824. The maximum atomic E-state index is 12.3. The van der Waals surface area contributed by atoms with Crippen LogP contribution in [0.25, 0.3) is 0 Å². The smallest absolute Gasteiger partial charge is 0.248 e. The van der Waals surface area contributed by atoms with E-state index in [1.165, 1.54) is 0 Å². The van der Waals surface area contributed by atoms with Crippen LogP contribution in [0.15, 0.2) is 24.5 Å². The Morgan fingerprint density at radius 2 is 2.33 bits per heavy atom. The Hall–Kier alpha value is -1.95. The maximum Gasteiger partial charge on any atom is 0.248 e. The van der Waals surface area contributed by atoms with Crippen LogP contribution in [0.5, 0.6) is 0 Å². The summed E-state index contributed by atoms with van der Waals surface area (Å²) in [6.45, 7) is 3.17. The summed E-state index contributed by atoms with van der Waals surface area (Å²) >= 11 is 0. The third-order valence-electron chi connectivity index (χ3n) is 4.17. The van der Waals surface area contributed by atoms with E-state index >= 15 is 0 Å². The molecule has 2 aliphatic rings. The first-order chi connectivity index (χ1) is 10.2. The van der Waals surface area contributed by atoms with E-state index in [0.29, 0.717) is 19.6 Å². The molecule has 21 heavy (non-hydrogen) atoms. The van der Waals surface area contributed by atoms with E-state index < -0.39 is 0 Å². The first-order valence-electron chi connectivity index (χ1n) is 7.31. The molecule has 0 radical (unpaired) electrons. The number of ether oxygens (including phenoxy) is 1. The molecule has 6 nitrogen and oxygen atoms in total. The highest BCUT2D eigenvalue weighted by atomic mass is 16.5. The van der Waals surface area contributed by atoms with Crippen LogP contribution < -0.4 is 4.90 Å². The third kappa shape index (κ3) is 2.51. The summed E-state index contributed by atoms with van der Waals surface area (Å²) in [5, 5.41) is 0. The van der Waals surface area contributed by atoms with Gasteiger partial charge in [-0.25, -0.2) is 0 Å². The highest BCUT2D eigenvalue weighted by molar-refractivity contribution is 5.98. The molecule has 0 N–H and O–H groups in total. The number of fused-ring (bicyclic) bond motifs is 1. The highest BCUT2D eigenvalue weighted by Crippen LogP contribution is 2.35. The molecule has 2 saturated heterocycles. The Balaban J connectivity index is 1.76. The van der Waals surface area contributed by atoms with Crippen molar-refractivity contribution in [1.82, 2.24) is 9.88 Å². The fourth-order valence-corrected chi connectivity index (χ4v) is 3.26. The van der Waals surface area contributed by atoms with Crippen LogP contribution >= 0.6 is 0 Å². The van der Waals surface area contributed by atoms with Gasteiger partial charge in [0.05, 0.1) is 24.0 Å². The summed E-state index contributed by atoms with van der Waals surface area (Å²) in [5.74, 6) is 0.0390. The van der Waals surface area contributed by atoms with Crippen molar-refractivity contribution in [3.8, 4) is 0 Å². The first-order valence-corrected chi connectivity index (χ1v) is 7.31. The molecule has 2 atom stereocenters. The molecule has 1 aromatic heterocycles. The van der Waals surface area contributed by atoms with Crippen LogP contribution in [0, 0.1) is 0 Å². The van der Waals surface area contributed by atoms with E-state index in [-0.39, 0.29) is 30.5 Å². The summed E-state index contributed by atoms with van der Waals surface area (Å²) in [4.78, 5) is 32.1. The molecule has 3 heterocycles. The van der Waals surface area contributed by atoms with Crippen LogP contribution in [0.2, 0.25) is 0 Å². The Labute approximate surface area is 123 Å². The number of rotatable bonds is 4. The van der Waals surface area contributed by atoms with E-state index in [2.05, 4.69) is 4.98 Å². The molecule has 0 unspecified atom stereocenters. The van der Waals surface area contributed by atoms with E-state index in [9.17, 15) is 9.59 Å². The minimum Gasteiger partial charge on any atom is -0.372 e. The number of hydrogen-bond donors (Lipinski definition) is 0. The number of amides is 2. The Bertz CT molecular complexity index is 534. The lowest BCUT2D eigenvalue weighted by Crippen LogP contribution is -2.41. The predicted molar refractivity (Wildman–Crippen MR) is 76.7 cm³/mol. The second-order valence-corrected chi connectivity index (χ2v) is 5.33. The van der Waals surface area contributed by atoms with Gasteiger partial charge >= 0.3 is 0 Å². The molecule has 3 rings (SSSR count). The lowest BCUT2D eigenvalue weighted by Gasteiger charge is -2.25. The van der Waals surface area contributed by atoms with Gasteiger partial charge in [-0.1, -0.05) is 0 Å². The van der Waals surface area contributed by atoms with Gasteiger partial charge in [-0.05, 0) is 25.5 Å². The van der Waals surface area contributed by atoms with E-state index in [4.69, 9.17) is 4.74 Å². The number of likely N-dealkylation sites (tertiary alicyclic amines) is 1. The number of carbonyl (C=O) groups excluding carboxylic acids is 2. The number of nitrogens with zero attached hydrogens (tertiary/aromatic N) is 3. The van der Waals surface area contributed by atoms with Crippen molar-refractivity contribution >= 4 is 17.5 Å². The fourth-order valence-electron chi connectivity index (χ4n) is 3.26. The van der Waals surface area contributed by atoms with Gasteiger partial charge in [0.1, 0.15) is 6.61 Å². The summed E-state index contributed by atoms with van der Waals surface area (Å²) in [6.07, 6.45) is 4.58. The lowest BCUT2D eigenvalue weighted by atomic mass is 10.1. The van der Waals surface area contributed by atoms with Crippen molar-refractivity contribution in [3.63, 3.8) is 0 Å². The molecule has 0 saturated carbocycles. The molecule has 2 aliphatic heterocycles. The van der Waals surface area contributed by atoms with Crippen molar-refractivity contribution in [2.24, 2.45) is 0 Å². The molecule has 0 spiro atoms. The zero-order valence-electron chi connectivity index (χ0n) is 12.1. The van der Waals surface area contributed by atoms with Crippen LogP contribution in [0.4, 0.5) is 5.69 Å². The third-order valence-corrected chi connectivity index (χ3v) is 4.17. The largest absolute Gasteiger partial charge is 0.372 e. The van der Waals surface area contributed by atoms with Crippen molar-refractivity contribution in [3.05, 3.63) is 24.5 Å². The number of carbonyl (C=O) groups is 2. The van der Waals surface area contributed by atoms with Gasteiger partial charge in [0.25, 0.3) is 0 Å². The van der Waals surface area contributed by atoms with Gasteiger partial charge in [-0.3, -0.25) is 14.6 Å². The lowest BCUT2D eigenvalue weighted by molar-refractivity contribution is -0.136. The van der Waals surface area contributed by atoms with E-state index in [1.807, 2.05) is 19.1 Å². The second kappa shape index (κ2) is 5.81. The number of pyridine rings is 1. The zero-order valence-corrected chi connectivity index (χ0v) is 12.1. The summed E-state index contributed by atoms with van der Waals surface area (Å²) in [5.41, 5.74) is 0.814. The Morgan fingerprint density at radius 3 is 3.05 bits per heavy atom. The number of hydrogen-bond acceptors (Lipinski definition) is 4. The molecule has 0 aromatic carbocycles. The molecule has 0 bridgehead atoms. The molecular formula is C15H19N3O3. The first kappa shape index (κ1) is 14.0. The molecule has 6 heteroatoms. The van der Waals surface area contributed by atoms with Crippen molar-refractivity contribution < 1.29 is 14.3 Å². The summed E-state index contributed by atoms with van der Waals surface area (Å²) in [6, 6.07) is 3.74. The van der Waals surface area contributed by atoms with E-state index in [1.54, 1.807) is 22.2 Å². The summed E-state index contributed by atoms with van der Waals surface area (Å²) in [7, 11) is 0. The summed E-state index contributed by atoms with van der Waals surface area (Å²) < 4.78 is 5.19. The number of aromatic nitrogens is 1. The van der Waals surface area contributed by atoms with Gasteiger partial charge in [0.2, 0.25) is 11.8 Å². The monoisotopic (exact) mass is 289 g/mol. The Morgan fingerprint density at radius 1 is 1.48 bits per heavy atom. The highest BCUT2D eigenvalue weighted by Gasteiger charge is 2.48. The molecule has 2 amide bonds. The molecule has 2 fully saturated rings. The normalized spacial score (nSPS) is 24.5. The van der Waals surface area contributed by atoms with E-state index in [0.717, 1.165) is 12.1 Å².